The highest BCUT2D eigenvalue weighted by atomic mass is 32.2. The van der Waals surface area contributed by atoms with Crippen LogP contribution in [0.5, 0.6) is 0 Å². The van der Waals surface area contributed by atoms with E-state index in [2.05, 4.69) is 6.07 Å². The number of aryl methyl sites for hydroxylation is 1. The van der Waals surface area contributed by atoms with Gasteiger partial charge in [-0.05, 0) is 37.1 Å². The summed E-state index contributed by atoms with van der Waals surface area (Å²) in [5.41, 5.74) is 2.71. The molecule has 0 fully saturated rings. The molecule has 1 aliphatic rings. The number of thioether (sulfide) groups is 1. The second kappa shape index (κ2) is 3.74. The summed E-state index contributed by atoms with van der Waals surface area (Å²) in [7, 11) is 0. The first-order chi connectivity index (χ1) is 7.08. The van der Waals surface area contributed by atoms with Crippen LogP contribution >= 0.6 is 11.8 Å². The molecule has 1 unspecified atom stereocenters. The Labute approximate surface area is 93.0 Å². The van der Waals surface area contributed by atoms with Gasteiger partial charge in [0.15, 0.2) is 0 Å². The summed E-state index contributed by atoms with van der Waals surface area (Å²) < 4.78 is 0. The highest BCUT2D eigenvalue weighted by Crippen LogP contribution is 2.37. The lowest BCUT2D eigenvalue weighted by Crippen LogP contribution is -2.14. The van der Waals surface area contributed by atoms with E-state index in [4.69, 9.17) is 5.11 Å². The summed E-state index contributed by atoms with van der Waals surface area (Å²) in [6, 6.07) is 6.09. The van der Waals surface area contributed by atoms with Gasteiger partial charge in [-0.3, -0.25) is 0 Å². The highest BCUT2D eigenvalue weighted by Gasteiger charge is 2.22. The molecule has 2 rings (SSSR count). The van der Waals surface area contributed by atoms with Crippen molar-refractivity contribution >= 4 is 23.8 Å². The first kappa shape index (κ1) is 10.3. The smallest absolute Gasteiger partial charge is 0.332 e. The molecule has 1 aromatic rings. The van der Waals surface area contributed by atoms with E-state index in [0.29, 0.717) is 5.57 Å². The Bertz CT molecular complexity index is 449. The van der Waals surface area contributed by atoms with Gasteiger partial charge in [-0.2, -0.15) is 0 Å². The minimum atomic E-state index is -0.818. The predicted octanol–water partition coefficient (Wildman–Crippen LogP) is 2.96. The molecule has 0 aromatic heterocycles. The third-order valence-corrected chi connectivity index (χ3v) is 3.68. The zero-order valence-electron chi connectivity index (χ0n) is 8.65. The molecule has 0 aliphatic carbocycles. The minimum absolute atomic E-state index is 0.0248. The van der Waals surface area contributed by atoms with Gasteiger partial charge < -0.3 is 5.11 Å². The maximum Gasteiger partial charge on any atom is 0.332 e. The van der Waals surface area contributed by atoms with Crippen LogP contribution in [0.2, 0.25) is 0 Å². The average Bonchev–Trinajstić information content (AvgIpc) is 2.15. The van der Waals surface area contributed by atoms with Gasteiger partial charge in [-0.1, -0.05) is 12.1 Å². The molecule has 1 aromatic carbocycles. The van der Waals surface area contributed by atoms with Crippen LogP contribution in [0.4, 0.5) is 0 Å². The van der Waals surface area contributed by atoms with Crippen LogP contribution in [0.3, 0.4) is 0 Å². The molecule has 0 saturated carbocycles. The molecule has 0 saturated heterocycles. The first-order valence-electron chi connectivity index (χ1n) is 4.80. The zero-order valence-corrected chi connectivity index (χ0v) is 9.47. The number of fused-ring (bicyclic) bond motifs is 1. The fourth-order valence-corrected chi connectivity index (χ4v) is 2.83. The molecule has 1 N–H and O–H groups in total. The Morgan fingerprint density at radius 2 is 2.20 bits per heavy atom. The third-order valence-electron chi connectivity index (χ3n) is 2.47. The van der Waals surface area contributed by atoms with Crippen molar-refractivity contribution in [1.82, 2.24) is 0 Å². The van der Waals surface area contributed by atoms with E-state index >= 15 is 0 Å². The lowest BCUT2D eigenvalue weighted by molar-refractivity contribution is -0.132. The summed E-state index contributed by atoms with van der Waals surface area (Å²) in [6.45, 7) is 3.97. The van der Waals surface area contributed by atoms with Crippen LogP contribution in [-0.4, -0.2) is 16.3 Å². The lowest BCUT2D eigenvalue weighted by Gasteiger charge is -2.20. The molecule has 3 heteroatoms. The Kier molecular flexibility index (Phi) is 2.57. The lowest BCUT2D eigenvalue weighted by atomic mass is 10.1. The van der Waals surface area contributed by atoms with Gasteiger partial charge in [0.1, 0.15) is 0 Å². The molecule has 15 heavy (non-hydrogen) atoms. The number of carboxylic acids is 1. The molecular formula is C12H12O2S. The number of benzene rings is 1. The Morgan fingerprint density at radius 3 is 2.87 bits per heavy atom. The minimum Gasteiger partial charge on any atom is -0.478 e. The Morgan fingerprint density at radius 1 is 1.47 bits per heavy atom. The Hall–Kier alpha value is -1.22. The van der Waals surface area contributed by atoms with Crippen molar-refractivity contribution in [3.63, 3.8) is 0 Å². The van der Waals surface area contributed by atoms with Crippen LogP contribution in [0, 0.1) is 6.92 Å². The molecule has 0 radical (unpaired) electrons. The quantitative estimate of drug-likeness (QED) is 0.790. The summed E-state index contributed by atoms with van der Waals surface area (Å²) in [6.07, 6.45) is 1.78. The van der Waals surface area contributed by atoms with Crippen molar-refractivity contribution in [1.29, 1.82) is 0 Å². The van der Waals surface area contributed by atoms with Crippen molar-refractivity contribution in [3.05, 3.63) is 34.9 Å². The van der Waals surface area contributed by atoms with E-state index in [1.807, 2.05) is 26.0 Å². The van der Waals surface area contributed by atoms with Crippen molar-refractivity contribution in [2.45, 2.75) is 24.0 Å². The topological polar surface area (TPSA) is 37.3 Å². The summed E-state index contributed by atoms with van der Waals surface area (Å²) in [4.78, 5) is 12.1. The SMILES string of the molecule is Cc1ccc2c(c1)SC(C)C(C(=O)O)=C2. The van der Waals surface area contributed by atoms with Gasteiger partial charge >= 0.3 is 5.97 Å². The van der Waals surface area contributed by atoms with Crippen LogP contribution in [0.1, 0.15) is 18.1 Å². The van der Waals surface area contributed by atoms with Crippen LogP contribution < -0.4 is 0 Å². The summed E-state index contributed by atoms with van der Waals surface area (Å²) in [5, 5.41) is 9.03. The van der Waals surface area contributed by atoms with Crippen molar-refractivity contribution in [2.24, 2.45) is 0 Å². The molecule has 1 heterocycles. The van der Waals surface area contributed by atoms with E-state index in [1.54, 1.807) is 17.8 Å². The second-order valence-corrected chi connectivity index (χ2v) is 5.09. The van der Waals surface area contributed by atoms with Gasteiger partial charge in [0.25, 0.3) is 0 Å². The van der Waals surface area contributed by atoms with Crippen molar-refractivity contribution < 1.29 is 9.90 Å². The molecule has 1 aliphatic heterocycles. The third kappa shape index (κ3) is 1.92. The van der Waals surface area contributed by atoms with Crippen molar-refractivity contribution in [3.8, 4) is 0 Å². The molecule has 1 atom stereocenters. The monoisotopic (exact) mass is 220 g/mol. The zero-order chi connectivity index (χ0) is 11.0. The first-order valence-corrected chi connectivity index (χ1v) is 5.68. The summed E-state index contributed by atoms with van der Waals surface area (Å²) in [5.74, 6) is -0.818. The number of carboxylic acid groups (broad SMARTS) is 1. The van der Waals surface area contributed by atoms with Crippen molar-refractivity contribution in [2.75, 3.05) is 0 Å². The standard InChI is InChI=1S/C12H12O2S/c1-7-3-4-9-6-10(12(13)14)8(2)15-11(9)5-7/h3-6,8H,1-2H3,(H,13,14). The maximum atomic E-state index is 11.0. The van der Waals surface area contributed by atoms with E-state index in [-0.39, 0.29) is 5.25 Å². The largest absolute Gasteiger partial charge is 0.478 e. The van der Waals surface area contributed by atoms with E-state index < -0.39 is 5.97 Å². The van der Waals surface area contributed by atoms with Gasteiger partial charge in [0, 0.05) is 10.1 Å². The van der Waals surface area contributed by atoms with E-state index in [9.17, 15) is 4.79 Å². The Balaban J connectivity index is 2.50. The fraction of sp³-hybridized carbons (Fsp3) is 0.250. The van der Waals surface area contributed by atoms with Crippen LogP contribution in [0.25, 0.3) is 6.08 Å². The fourth-order valence-electron chi connectivity index (χ4n) is 1.64. The second-order valence-electron chi connectivity index (χ2n) is 3.71. The average molecular weight is 220 g/mol. The molecule has 78 valence electrons. The number of rotatable bonds is 1. The number of aliphatic carboxylic acids is 1. The molecule has 0 spiro atoms. The van der Waals surface area contributed by atoms with Gasteiger partial charge in [-0.15, -0.1) is 11.8 Å². The molecular weight excluding hydrogens is 208 g/mol. The highest BCUT2D eigenvalue weighted by molar-refractivity contribution is 8.00. The van der Waals surface area contributed by atoms with E-state index in [0.717, 1.165) is 5.56 Å². The number of hydrogen-bond donors (Lipinski definition) is 1. The predicted molar refractivity (Wildman–Crippen MR) is 62.1 cm³/mol. The van der Waals surface area contributed by atoms with Gasteiger partial charge in [0.2, 0.25) is 0 Å². The maximum absolute atomic E-state index is 11.0. The normalized spacial score (nSPS) is 19.3. The molecule has 0 bridgehead atoms. The number of hydrogen-bond acceptors (Lipinski definition) is 2. The van der Waals surface area contributed by atoms with Crippen LogP contribution in [-0.2, 0) is 4.79 Å². The molecule has 2 nitrogen and oxygen atoms in total. The van der Waals surface area contributed by atoms with E-state index in [1.165, 1.54) is 10.5 Å². The number of carbonyl (C=O) groups is 1. The summed E-state index contributed by atoms with van der Waals surface area (Å²) >= 11 is 1.61. The van der Waals surface area contributed by atoms with Crippen LogP contribution in [0.15, 0.2) is 28.7 Å². The molecule has 0 amide bonds. The van der Waals surface area contributed by atoms with Gasteiger partial charge in [0.05, 0.1) is 5.57 Å². The van der Waals surface area contributed by atoms with Gasteiger partial charge in [-0.25, -0.2) is 4.79 Å².